The molecule has 0 radical (unpaired) electrons. The molecule has 1 heterocycles. The Hall–Kier alpha value is -0.880. The molecule has 0 aromatic rings. The summed E-state index contributed by atoms with van der Waals surface area (Å²) in [5.74, 6) is -0.110. The number of hydrogen-bond donors (Lipinski definition) is 1. The summed E-state index contributed by atoms with van der Waals surface area (Å²) in [7, 11) is -1.49. The third-order valence-corrected chi connectivity index (χ3v) is 5.03. The van der Waals surface area contributed by atoms with Crippen LogP contribution in [0.25, 0.3) is 0 Å². The summed E-state index contributed by atoms with van der Waals surface area (Å²) in [5, 5.41) is 2.81. The maximum Gasteiger partial charge on any atom is 0.241 e. The van der Waals surface area contributed by atoms with Crippen LogP contribution in [-0.4, -0.2) is 56.4 Å². The highest BCUT2D eigenvalue weighted by Gasteiger charge is 2.35. The van der Waals surface area contributed by atoms with Gasteiger partial charge in [-0.2, -0.15) is 0 Å². The first-order valence-corrected chi connectivity index (χ1v) is 7.70. The van der Waals surface area contributed by atoms with Crippen molar-refractivity contribution in [3.8, 4) is 0 Å². The van der Waals surface area contributed by atoms with E-state index in [0.717, 1.165) is 12.8 Å². The molecule has 17 heavy (non-hydrogen) atoms. The Morgan fingerprint density at radius 2 is 2.24 bits per heavy atom. The SMILES string of the molecule is CNC1CS(=O)(=O)CCN(C2C=CCC2)C1=O. The van der Waals surface area contributed by atoms with E-state index >= 15 is 0 Å². The molecular formula is C11H18N2O3S. The van der Waals surface area contributed by atoms with Crippen LogP contribution >= 0.6 is 0 Å². The van der Waals surface area contributed by atoms with Crippen molar-refractivity contribution >= 4 is 15.7 Å². The van der Waals surface area contributed by atoms with Gasteiger partial charge in [0.1, 0.15) is 6.04 Å². The largest absolute Gasteiger partial charge is 0.334 e. The fourth-order valence-corrected chi connectivity index (χ4v) is 3.83. The van der Waals surface area contributed by atoms with Crippen LogP contribution in [0.1, 0.15) is 12.8 Å². The van der Waals surface area contributed by atoms with E-state index in [1.54, 1.807) is 11.9 Å². The van der Waals surface area contributed by atoms with Crippen LogP contribution in [0.2, 0.25) is 0 Å². The monoisotopic (exact) mass is 258 g/mol. The lowest BCUT2D eigenvalue weighted by atomic mass is 10.2. The maximum atomic E-state index is 12.2. The Balaban J connectivity index is 2.22. The zero-order valence-corrected chi connectivity index (χ0v) is 10.7. The van der Waals surface area contributed by atoms with Crippen LogP contribution in [0, 0.1) is 0 Å². The first-order valence-electron chi connectivity index (χ1n) is 5.88. The van der Waals surface area contributed by atoms with Gasteiger partial charge in [-0.1, -0.05) is 12.2 Å². The molecule has 1 N–H and O–H groups in total. The number of nitrogens with zero attached hydrogens (tertiary/aromatic N) is 1. The van der Waals surface area contributed by atoms with Crippen molar-refractivity contribution in [3.63, 3.8) is 0 Å². The molecule has 2 unspecified atom stereocenters. The smallest absolute Gasteiger partial charge is 0.241 e. The number of allylic oxidation sites excluding steroid dienone is 1. The lowest BCUT2D eigenvalue weighted by molar-refractivity contribution is -0.133. The normalized spacial score (nSPS) is 32.8. The second kappa shape index (κ2) is 4.78. The van der Waals surface area contributed by atoms with E-state index in [2.05, 4.69) is 5.32 Å². The minimum absolute atomic E-state index is 0.0707. The van der Waals surface area contributed by atoms with Gasteiger partial charge in [0.25, 0.3) is 0 Å². The fraction of sp³-hybridized carbons (Fsp3) is 0.727. The number of amides is 1. The Morgan fingerprint density at radius 3 is 2.82 bits per heavy atom. The quantitative estimate of drug-likeness (QED) is 0.681. The number of rotatable bonds is 2. The average molecular weight is 258 g/mol. The lowest BCUT2D eigenvalue weighted by Gasteiger charge is -2.28. The third-order valence-electron chi connectivity index (χ3n) is 3.38. The highest BCUT2D eigenvalue weighted by molar-refractivity contribution is 7.91. The summed E-state index contributed by atoms with van der Waals surface area (Å²) < 4.78 is 23.4. The Labute approximate surface area is 102 Å². The highest BCUT2D eigenvalue weighted by Crippen LogP contribution is 2.19. The maximum absolute atomic E-state index is 12.2. The van der Waals surface area contributed by atoms with Crippen molar-refractivity contribution in [3.05, 3.63) is 12.2 Å². The molecule has 0 saturated carbocycles. The average Bonchev–Trinajstić information content (AvgIpc) is 2.75. The molecule has 96 valence electrons. The van der Waals surface area contributed by atoms with E-state index in [1.165, 1.54) is 0 Å². The van der Waals surface area contributed by atoms with Crippen molar-refractivity contribution in [1.82, 2.24) is 10.2 Å². The minimum atomic E-state index is -3.12. The number of nitrogens with one attached hydrogen (secondary N) is 1. The van der Waals surface area contributed by atoms with Gasteiger partial charge in [0, 0.05) is 6.54 Å². The van der Waals surface area contributed by atoms with Gasteiger partial charge in [-0.15, -0.1) is 0 Å². The van der Waals surface area contributed by atoms with E-state index in [1.807, 2.05) is 12.2 Å². The molecule has 1 aliphatic heterocycles. The van der Waals surface area contributed by atoms with Gasteiger partial charge in [0.05, 0.1) is 17.5 Å². The van der Waals surface area contributed by atoms with Gasteiger partial charge in [-0.05, 0) is 19.9 Å². The van der Waals surface area contributed by atoms with Crippen LogP contribution in [0.3, 0.4) is 0 Å². The molecule has 5 nitrogen and oxygen atoms in total. The molecule has 2 rings (SSSR count). The van der Waals surface area contributed by atoms with E-state index in [9.17, 15) is 13.2 Å². The van der Waals surface area contributed by atoms with Crippen molar-refractivity contribution < 1.29 is 13.2 Å². The highest BCUT2D eigenvalue weighted by atomic mass is 32.2. The number of hydrogen-bond acceptors (Lipinski definition) is 4. The molecule has 2 atom stereocenters. The number of likely N-dealkylation sites (N-methyl/N-ethyl adjacent to an activating group) is 1. The second-order valence-electron chi connectivity index (χ2n) is 4.56. The first kappa shape index (κ1) is 12.6. The van der Waals surface area contributed by atoms with Crippen molar-refractivity contribution in [2.45, 2.75) is 24.9 Å². The first-order chi connectivity index (χ1) is 8.03. The van der Waals surface area contributed by atoms with Crippen LogP contribution in [0.5, 0.6) is 0 Å². The van der Waals surface area contributed by atoms with Crippen molar-refractivity contribution in [2.75, 3.05) is 25.1 Å². The predicted octanol–water partition coefficient (Wildman–Crippen LogP) is -0.450. The number of carbonyl (C=O) groups is 1. The molecule has 6 heteroatoms. The van der Waals surface area contributed by atoms with E-state index in [-0.39, 0.29) is 23.5 Å². The van der Waals surface area contributed by atoms with Crippen molar-refractivity contribution in [1.29, 1.82) is 0 Å². The van der Waals surface area contributed by atoms with E-state index in [4.69, 9.17) is 0 Å². The second-order valence-corrected chi connectivity index (χ2v) is 6.79. The molecular weight excluding hydrogens is 240 g/mol. The van der Waals surface area contributed by atoms with Gasteiger partial charge in [0.2, 0.25) is 5.91 Å². The third kappa shape index (κ3) is 2.69. The predicted molar refractivity (Wildman–Crippen MR) is 65.4 cm³/mol. The van der Waals surface area contributed by atoms with Crippen LogP contribution in [0.4, 0.5) is 0 Å². The summed E-state index contributed by atoms with van der Waals surface area (Å²) in [6.45, 7) is 0.314. The standard InChI is InChI=1S/C11H18N2O3S/c1-12-10-8-17(15,16)7-6-13(11(10)14)9-4-2-3-5-9/h2,4,9-10,12H,3,5-8H2,1H3. The summed E-state index contributed by atoms with van der Waals surface area (Å²) in [5.41, 5.74) is 0. The van der Waals surface area contributed by atoms with Gasteiger partial charge in [0.15, 0.2) is 9.84 Å². The lowest BCUT2D eigenvalue weighted by Crippen LogP contribution is -2.49. The molecule has 2 aliphatic rings. The number of sulfone groups is 1. The Morgan fingerprint density at radius 1 is 1.47 bits per heavy atom. The minimum Gasteiger partial charge on any atom is -0.334 e. The molecule has 1 aliphatic carbocycles. The Kier molecular flexibility index (Phi) is 3.53. The zero-order chi connectivity index (χ0) is 12.5. The van der Waals surface area contributed by atoms with Crippen molar-refractivity contribution in [2.24, 2.45) is 0 Å². The summed E-state index contributed by atoms with van der Waals surface area (Å²) >= 11 is 0. The zero-order valence-electron chi connectivity index (χ0n) is 9.93. The summed E-state index contributed by atoms with van der Waals surface area (Å²) in [6.07, 6.45) is 5.92. The van der Waals surface area contributed by atoms with Gasteiger partial charge < -0.3 is 10.2 Å². The van der Waals surface area contributed by atoms with Gasteiger partial charge >= 0.3 is 0 Å². The molecule has 1 saturated heterocycles. The van der Waals surface area contributed by atoms with E-state index in [0.29, 0.717) is 6.54 Å². The van der Waals surface area contributed by atoms with Gasteiger partial charge in [-0.25, -0.2) is 8.42 Å². The molecule has 0 aromatic heterocycles. The van der Waals surface area contributed by atoms with Crippen LogP contribution < -0.4 is 5.32 Å². The molecule has 1 fully saturated rings. The van der Waals surface area contributed by atoms with Crippen LogP contribution in [-0.2, 0) is 14.6 Å². The molecule has 0 aromatic carbocycles. The van der Waals surface area contributed by atoms with Crippen LogP contribution in [0.15, 0.2) is 12.2 Å². The number of carbonyl (C=O) groups excluding carboxylic acids is 1. The summed E-state index contributed by atoms with van der Waals surface area (Å²) in [6, 6.07) is -0.525. The molecule has 0 spiro atoms. The topological polar surface area (TPSA) is 66.5 Å². The fourth-order valence-electron chi connectivity index (χ4n) is 2.37. The summed E-state index contributed by atoms with van der Waals surface area (Å²) in [4.78, 5) is 13.9. The molecule has 1 amide bonds. The molecule has 0 bridgehead atoms. The van der Waals surface area contributed by atoms with Gasteiger partial charge in [-0.3, -0.25) is 4.79 Å². The Bertz CT molecular complexity index is 430. The van der Waals surface area contributed by atoms with E-state index < -0.39 is 15.9 Å².